The Balaban J connectivity index is 1.34. The molecule has 4 rings (SSSR count). The zero-order valence-corrected chi connectivity index (χ0v) is 27.4. The topological polar surface area (TPSA) is 137 Å². The van der Waals surface area contributed by atoms with E-state index in [4.69, 9.17) is 23.7 Å². The Morgan fingerprint density at radius 1 is 0.894 bits per heavy atom. The van der Waals surface area contributed by atoms with Gasteiger partial charge in [-0.2, -0.15) is 0 Å². The van der Waals surface area contributed by atoms with Crippen LogP contribution in [-0.4, -0.2) is 95.6 Å². The third kappa shape index (κ3) is 10.2. The molecule has 1 heterocycles. The van der Waals surface area contributed by atoms with Gasteiger partial charge in [-0.25, -0.2) is 9.59 Å². The molecule has 0 spiro atoms. The molecule has 3 N–H and O–H groups in total. The van der Waals surface area contributed by atoms with Crippen molar-refractivity contribution < 1.29 is 38.1 Å². The molecule has 1 aliphatic heterocycles. The summed E-state index contributed by atoms with van der Waals surface area (Å²) in [6, 6.07) is 17.0. The first-order valence-electron chi connectivity index (χ1n) is 15.7. The summed E-state index contributed by atoms with van der Waals surface area (Å²) in [5, 5.41) is 9.04. The molecule has 2 amide bonds. The Bertz CT molecular complexity index is 1510. The lowest BCUT2D eigenvalue weighted by molar-refractivity contribution is -0.125. The number of amides is 2. The Hall–Kier alpha value is -4.65. The summed E-state index contributed by atoms with van der Waals surface area (Å²) in [6.45, 7) is 7.62. The number of anilines is 2. The Labute approximate surface area is 275 Å². The molecule has 0 aliphatic carbocycles. The summed E-state index contributed by atoms with van der Waals surface area (Å²) < 4.78 is 27.4. The number of hydrogen-bond donors (Lipinski definition) is 3. The van der Waals surface area contributed by atoms with E-state index in [-0.39, 0.29) is 24.9 Å². The van der Waals surface area contributed by atoms with E-state index in [0.717, 1.165) is 11.1 Å². The fourth-order valence-corrected chi connectivity index (χ4v) is 5.19. The maximum atomic E-state index is 13.7. The van der Waals surface area contributed by atoms with E-state index < -0.39 is 12.0 Å². The Morgan fingerprint density at radius 3 is 2.36 bits per heavy atom. The first kappa shape index (κ1) is 35.2. The lowest BCUT2D eigenvalue weighted by Gasteiger charge is -2.33. The minimum absolute atomic E-state index is 0.0524. The third-order valence-electron chi connectivity index (χ3n) is 7.69. The summed E-state index contributed by atoms with van der Waals surface area (Å²) in [6.07, 6.45) is 0.191. The minimum atomic E-state index is -0.426. The van der Waals surface area contributed by atoms with Gasteiger partial charge in [-0.3, -0.25) is 9.69 Å². The molecule has 0 aromatic heterocycles. The monoisotopic (exact) mass is 648 g/mol. The molecule has 12 heteroatoms. The first-order valence-corrected chi connectivity index (χ1v) is 15.7. The number of Topliss-reactive ketones (excluding diaryl/α,β-unsaturated/α-hetero) is 1. The molecule has 252 valence electrons. The molecule has 1 unspecified atom stereocenters. The number of para-hydroxylation sites is 1. The van der Waals surface area contributed by atoms with Crippen LogP contribution in [-0.2, 0) is 20.7 Å². The van der Waals surface area contributed by atoms with Crippen LogP contribution in [0.2, 0.25) is 0 Å². The zero-order valence-electron chi connectivity index (χ0n) is 27.4. The number of esters is 1. The van der Waals surface area contributed by atoms with E-state index in [9.17, 15) is 14.4 Å². The van der Waals surface area contributed by atoms with E-state index in [1.807, 2.05) is 37.3 Å². The van der Waals surface area contributed by atoms with Gasteiger partial charge in [-0.15, -0.1) is 0 Å². The highest BCUT2D eigenvalue weighted by atomic mass is 16.5. The highest BCUT2D eigenvalue weighted by molar-refractivity contribution is 6.01. The number of hydrogen-bond acceptors (Lipinski definition) is 10. The summed E-state index contributed by atoms with van der Waals surface area (Å²) in [4.78, 5) is 40.5. The zero-order chi connectivity index (χ0) is 33.6. The van der Waals surface area contributed by atoms with E-state index in [0.29, 0.717) is 80.2 Å². The molecule has 1 saturated heterocycles. The minimum Gasteiger partial charge on any atom is -0.495 e. The number of aryl methyl sites for hydroxylation is 1. The van der Waals surface area contributed by atoms with Crippen LogP contribution >= 0.6 is 0 Å². The van der Waals surface area contributed by atoms with Crippen molar-refractivity contribution in [3.63, 3.8) is 0 Å². The molecule has 0 radical (unpaired) electrons. The van der Waals surface area contributed by atoms with Crippen LogP contribution in [0.5, 0.6) is 17.2 Å². The van der Waals surface area contributed by atoms with Crippen molar-refractivity contribution in [2.75, 3.05) is 77.5 Å². The van der Waals surface area contributed by atoms with E-state index in [1.54, 1.807) is 37.3 Å². The molecule has 1 atom stereocenters. The predicted octanol–water partition coefficient (Wildman–Crippen LogP) is 4.31. The molecular weight excluding hydrogens is 604 g/mol. The van der Waals surface area contributed by atoms with Crippen molar-refractivity contribution in [1.82, 2.24) is 10.2 Å². The molecular formula is C35H44N4O8. The summed E-state index contributed by atoms with van der Waals surface area (Å²) in [5.41, 5.74) is 3.31. The van der Waals surface area contributed by atoms with E-state index in [1.165, 1.54) is 14.2 Å². The maximum absolute atomic E-state index is 13.7. The van der Waals surface area contributed by atoms with Crippen molar-refractivity contribution in [3.8, 4) is 17.2 Å². The van der Waals surface area contributed by atoms with Crippen LogP contribution in [0, 0.1) is 6.92 Å². The van der Waals surface area contributed by atoms with Crippen molar-refractivity contribution in [1.29, 1.82) is 0 Å². The second kappa shape index (κ2) is 17.9. The van der Waals surface area contributed by atoms with Crippen LogP contribution in [0.3, 0.4) is 0 Å². The number of carbonyl (C=O) groups is 3. The molecule has 0 saturated carbocycles. The fourth-order valence-electron chi connectivity index (χ4n) is 5.19. The van der Waals surface area contributed by atoms with Gasteiger partial charge < -0.3 is 39.6 Å². The third-order valence-corrected chi connectivity index (χ3v) is 7.69. The van der Waals surface area contributed by atoms with Gasteiger partial charge in [0.05, 0.1) is 51.3 Å². The van der Waals surface area contributed by atoms with Gasteiger partial charge in [0.15, 0.2) is 17.3 Å². The smallest absolute Gasteiger partial charge is 0.338 e. The highest BCUT2D eigenvalue weighted by Crippen LogP contribution is 2.29. The lowest BCUT2D eigenvalue weighted by Crippen LogP contribution is -2.52. The van der Waals surface area contributed by atoms with Crippen LogP contribution in [0.25, 0.3) is 0 Å². The van der Waals surface area contributed by atoms with Gasteiger partial charge in [0.1, 0.15) is 12.4 Å². The number of carbonyl (C=O) groups excluding carboxylic acids is 3. The van der Waals surface area contributed by atoms with Crippen LogP contribution in [0.1, 0.15) is 28.4 Å². The summed E-state index contributed by atoms with van der Waals surface area (Å²) >= 11 is 0. The molecule has 12 nitrogen and oxygen atoms in total. The van der Waals surface area contributed by atoms with Gasteiger partial charge in [-0.1, -0.05) is 24.3 Å². The second-order valence-corrected chi connectivity index (χ2v) is 10.9. The average molecular weight is 649 g/mol. The van der Waals surface area contributed by atoms with Crippen molar-refractivity contribution in [3.05, 3.63) is 77.4 Å². The number of rotatable bonds is 16. The SMILES string of the molecule is CCOC(=O)c1ccc(OCCNCC(C(=O)Cc2ccc(NC(=O)Nc3ccccc3C)c(OC)c2)N2CCOCC2)c(OC)c1. The van der Waals surface area contributed by atoms with E-state index >= 15 is 0 Å². The molecule has 3 aromatic rings. The number of nitrogens with zero attached hydrogens (tertiary/aromatic N) is 1. The highest BCUT2D eigenvalue weighted by Gasteiger charge is 2.27. The van der Waals surface area contributed by atoms with Crippen LogP contribution in [0.4, 0.5) is 16.2 Å². The van der Waals surface area contributed by atoms with Crippen molar-refractivity contribution >= 4 is 29.2 Å². The molecule has 1 aliphatic rings. The Kier molecular flexibility index (Phi) is 13.4. The molecule has 3 aromatic carbocycles. The number of ether oxygens (including phenoxy) is 5. The number of morpholine rings is 1. The predicted molar refractivity (Wildman–Crippen MR) is 179 cm³/mol. The number of ketones is 1. The van der Waals surface area contributed by atoms with Gasteiger partial charge in [0.2, 0.25) is 0 Å². The lowest BCUT2D eigenvalue weighted by atomic mass is 10.0. The van der Waals surface area contributed by atoms with Gasteiger partial charge >= 0.3 is 12.0 Å². The molecule has 1 fully saturated rings. The van der Waals surface area contributed by atoms with Crippen LogP contribution in [0.15, 0.2) is 60.7 Å². The largest absolute Gasteiger partial charge is 0.495 e. The van der Waals surface area contributed by atoms with E-state index in [2.05, 4.69) is 20.9 Å². The first-order chi connectivity index (χ1) is 22.8. The standard InChI is InChI=1S/C35H44N4O8/c1-5-46-34(41)26-11-13-31(33(22-26)44-4)47-17-14-36-23-29(39-15-18-45-19-16-39)30(40)20-25-10-12-28(32(21-25)43-3)38-35(42)37-27-9-7-6-8-24(27)2/h6-13,21-22,29,36H,5,14-20,23H2,1-4H3,(H2,37,38,42). The normalized spacial score (nSPS) is 13.7. The van der Waals surface area contributed by atoms with Crippen LogP contribution < -0.4 is 30.2 Å². The van der Waals surface area contributed by atoms with Gasteiger partial charge in [-0.05, 0) is 61.4 Å². The number of methoxy groups -OCH3 is 2. The van der Waals surface area contributed by atoms with Gasteiger partial charge in [0.25, 0.3) is 0 Å². The van der Waals surface area contributed by atoms with Crippen molar-refractivity contribution in [2.45, 2.75) is 26.3 Å². The maximum Gasteiger partial charge on any atom is 0.338 e. The summed E-state index contributed by atoms with van der Waals surface area (Å²) in [5.74, 6) is 1.02. The molecule has 0 bridgehead atoms. The average Bonchev–Trinajstić information content (AvgIpc) is 3.08. The number of benzene rings is 3. The summed E-state index contributed by atoms with van der Waals surface area (Å²) in [7, 11) is 3.04. The quantitative estimate of drug-likeness (QED) is 0.152. The number of urea groups is 1. The Morgan fingerprint density at radius 2 is 1.64 bits per heavy atom. The second-order valence-electron chi connectivity index (χ2n) is 10.9. The van der Waals surface area contributed by atoms with Crippen molar-refractivity contribution in [2.24, 2.45) is 0 Å². The molecule has 47 heavy (non-hydrogen) atoms. The number of nitrogens with one attached hydrogen (secondary N) is 3. The van der Waals surface area contributed by atoms with Gasteiger partial charge in [0, 0.05) is 38.3 Å². The fraction of sp³-hybridized carbons (Fsp3) is 0.400.